The Balaban J connectivity index is 1.30. The van der Waals surface area contributed by atoms with Crippen molar-refractivity contribution in [2.24, 2.45) is 23.2 Å². The van der Waals surface area contributed by atoms with E-state index in [0.29, 0.717) is 17.8 Å². The molecule has 4 bridgehead atoms. The maximum Gasteiger partial charge on any atom is 0.326 e. The topological polar surface area (TPSA) is 55.4 Å². The monoisotopic (exact) mass is 359 g/mol. The van der Waals surface area contributed by atoms with Gasteiger partial charge in [0.2, 0.25) is 5.91 Å². The van der Waals surface area contributed by atoms with Crippen molar-refractivity contribution < 1.29 is 18.7 Å². The number of ether oxygens (including phenoxy) is 1. The van der Waals surface area contributed by atoms with Gasteiger partial charge in [0.25, 0.3) is 0 Å². The van der Waals surface area contributed by atoms with Crippen LogP contribution in [-0.4, -0.2) is 18.4 Å². The molecule has 4 nitrogen and oxygen atoms in total. The molecule has 1 atom stereocenters. The van der Waals surface area contributed by atoms with Gasteiger partial charge in [0.1, 0.15) is 18.5 Å². The Bertz CT molecular complexity index is 664. The van der Waals surface area contributed by atoms with E-state index < -0.39 is 12.1 Å². The number of carbonyl (C=O) groups is 2. The number of hydrogen-bond donors (Lipinski definition) is 1. The number of carbonyl (C=O) groups excluding carboxylic acids is 2. The molecule has 0 aromatic heterocycles. The van der Waals surface area contributed by atoms with Crippen LogP contribution in [0.25, 0.3) is 0 Å². The van der Waals surface area contributed by atoms with E-state index in [0.717, 1.165) is 24.8 Å². The summed E-state index contributed by atoms with van der Waals surface area (Å²) in [6.07, 6.45) is 6.31. The van der Waals surface area contributed by atoms with Gasteiger partial charge in [-0.2, -0.15) is 0 Å². The molecular formula is C21H26FNO3. The fourth-order valence-corrected chi connectivity index (χ4v) is 5.77. The average Bonchev–Trinajstić information content (AvgIpc) is 2.59. The number of hydrogen-bond acceptors (Lipinski definition) is 3. The van der Waals surface area contributed by atoms with Gasteiger partial charge in [-0.05, 0) is 80.9 Å². The van der Waals surface area contributed by atoms with Gasteiger partial charge in [0, 0.05) is 5.41 Å². The Morgan fingerprint density at radius 3 is 2.19 bits per heavy atom. The molecule has 0 saturated heterocycles. The molecule has 4 aliphatic carbocycles. The molecule has 4 fully saturated rings. The van der Waals surface area contributed by atoms with Crippen molar-refractivity contribution in [1.29, 1.82) is 0 Å². The maximum absolute atomic E-state index is 13.0. The first kappa shape index (κ1) is 17.5. The highest BCUT2D eigenvalue weighted by molar-refractivity contribution is 5.86. The van der Waals surface area contributed by atoms with Crippen molar-refractivity contribution in [3.8, 4) is 0 Å². The lowest BCUT2D eigenvalue weighted by Gasteiger charge is -2.55. The van der Waals surface area contributed by atoms with Crippen molar-refractivity contribution in [3.05, 3.63) is 35.6 Å². The van der Waals surface area contributed by atoms with E-state index in [9.17, 15) is 14.0 Å². The number of amides is 1. The van der Waals surface area contributed by atoms with E-state index in [4.69, 9.17) is 4.74 Å². The van der Waals surface area contributed by atoms with E-state index in [1.807, 2.05) is 0 Å². The molecule has 1 N–H and O–H groups in total. The molecule has 1 aromatic rings. The van der Waals surface area contributed by atoms with Crippen LogP contribution in [0.1, 0.15) is 57.1 Å². The summed E-state index contributed by atoms with van der Waals surface area (Å²) < 4.78 is 18.3. The summed E-state index contributed by atoms with van der Waals surface area (Å²) >= 11 is 0. The smallest absolute Gasteiger partial charge is 0.326 e. The Kier molecular flexibility index (Phi) is 4.49. The average molecular weight is 359 g/mol. The first-order valence-electron chi connectivity index (χ1n) is 9.67. The van der Waals surface area contributed by atoms with E-state index in [-0.39, 0.29) is 23.7 Å². The lowest BCUT2D eigenvalue weighted by Crippen LogP contribution is -2.54. The summed E-state index contributed by atoms with van der Waals surface area (Å²) in [5.41, 5.74) is 0.476. The van der Waals surface area contributed by atoms with Crippen molar-refractivity contribution >= 4 is 11.9 Å². The van der Waals surface area contributed by atoms with Gasteiger partial charge < -0.3 is 10.1 Å². The lowest BCUT2D eigenvalue weighted by atomic mass is 9.49. The summed E-state index contributed by atoms with van der Waals surface area (Å²) in [6, 6.07) is 5.88. The lowest BCUT2D eigenvalue weighted by molar-refractivity contribution is -0.153. The molecule has 0 aliphatic heterocycles. The van der Waals surface area contributed by atoms with Crippen molar-refractivity contribution in [2.75, 3.05) is 6.54 Å². The fourth-order valence-electron chi connectivity index (χ4n) is 5.77. The largest absolute Gasteiger partial charge is 0.456 e. The van der Waals surface area contributed by atoms with Crippen LogP contribution in [0, 0.1) is 29.0 Å². The first-order chi connectivity index (χ1) is 12.4. The van der Waals surface area contributed by atoms with Gasteiger partial charge in [-0.1, -0.05) is 12.1 Å². The summed E-state index contributed by atoms with van der Waals surface area (Å²) in [5, 5.41) is 2.83. The molecule has 1 amide bonds. The molecule has 4 aliphatic rings. The number of benzene rings is 1. The number of esters is 1. The molecule has 4 saturated carbocycles. The van der Waals surface area contributed by atoms with Crippen LogP contribution in [0.15, 0.2) is 24.3 Å². The highest BCUT2D eigenvalue weighted by atomic mass is 19.1. The van der Waals surface area contributed by atoms with Crippen molar-refractivity contribution in [1.82, 2.24) is 5.32 Å². The molecule has 1 aromatic carbocycles. The van der Waals surface area contributed by atoms with E-state index in [1.165, 1.54) is 31.4 Å². The minimum atomic E-state index is -0.473. The van der Waals surface area contributed by atoms with Crippen molar-refractivity contribution in [3.63, 3.8) is 0 Å². The molecule has 5 rings (SSSR count). The van der Waals surface area contributed by atoms with Crippen molar-refractivity contribution in [2.45, 2.75) is 51.6 Å². The van der Waals surface area contributed by atoms with Crippen LogP contribution in [0.5, 0.6) is 0 Å². The zero-order valence-electron chi connectivity index (χ0n) is 15.2. The molecule has 5 heteroatoms. The minimum absolute atomic E-state index is 0.0305. The molecular weight excluding hydrogens is 333 g/mol. The Hall–Kier alpha value is -1.91. The quantitative estimate of drug-likeness (QED) is 0.815. The van der Waals surface area contributed by atoms with Gasteiger partial charge in [0.05, 0.1) is 0 Å². The van der Waals surface area contributed by atoms with Gasteiger partial charge in [-0.25, -0.2) is 4.39 Å². The molecule has 1 unspecified atom stereocenters. The second kappa shape index (κ2) is 6.67. The summed E-state index contributed by atoms with van der Waals surface area (Å²) in [4.78, 5) is 24.9. The Labute approximate surface area is 153 Å². The second-order valence-corrected chi connectivity index (χ2v) is 8.56. The third-order valence-electron chi connectivity index (χ3n) is 6.56. The molecule has 0 radical (unpaired) electrons. The fraction of sp³-hybridized carbons (Fsp3) is 0.619. The molecule has 0 spiro atoms. The Morgan fingerprint density at radius 1 is 1.12 bits per heavy atom. The zero-order valence-corrected chi connectivity index (χ0v) is 15.2. The minimum Gasteiger partial charge on any atom is -0.456 e. The molecule has 140 valence electrons. The summed E-state index contributed by atoms with van der Waals surface area (Å²) in [5.74, 6) is 1.32. The van der Waals surface area contributed by atoms with E-state index in [1.54, 1.807) is 19.1 Å². The van der Waals surface area contributed by atoms with Gasteiger partial charge >= 0.3 is 5.97 Å². The predicted octanol–water partition coefficient (Wildman–Crippen LogP) is 3.76. The highest BCUT2D eigenvalue weighted by Crippen LogP contribution is 2.60. The standard InChI is InChI=1S/C21H26FNO3/c1-13(17-2-4-18(22)5-3-17)26-19(24)12-23-20(25)21-9-14-6-15(10-21)8-16(7-14)11-21/h2-5,13-16H,6-12H2,1H3,(H,23,25). The van der Waals surface area contributed by atoms with Gasteiger partial charge in [0.15, 0.2) is 0 Å². The van der Waals surface area contributed by atoms with Gasteiger partial charge in [-0.15, -0.1) is 0 Å². The normalized spacial score (nSPS) is 32.9. The number of halogens is 1. The van der Waals surface area contributed by atoms with Crippen LogP contribution in [0.2, 0.25) is 0 Å². The van der Waals surface area contributed by atoms with Gasteiger partial charge in [-0.3, -0.25) is 9.59 Å². The van der Waals surface area contributed by atoms with Crippen LogP contribution in [-0.2, 0) is 14.3 Å². The van der Waals surface area contributed by atoms with E-state index >= 15 is 0 Å². The predicted molar refractivity (Wildman–Crippen MR) is 94.5 cm³/mol. The number of nitrogens with one attached hydrogen (secondary N) is 1. The number of rotatable bonds is 5. The second-order valence-electron chi connectivity index (χ2n) is 8.56. The SMILES string of the molecule is CC(OC(=O)CNC(=O)C12CC3CC(CC(C3)C1)C2)c1ccc(F)cc1. The van der Waals surface area contributed by atoms with Crippen LogP contribution < -0.4 is 5.32 Å². The maximum atomic E-state index is 13.0. The Morgan fingerprint density at radius 2 is 1.65 bits per heavy atom. The zero-order chi connectivity index (χ0) is 18.3. The van der Waals surface area contributed by atoms with Crippen LogP contribution in [0.3, 0.4) is 0 Å². The highest BCUT2D eigenvalue weighted by Gasteiger charge is 2.54. The third-order valence-corrected chi connectivity index (χ3v) is 6.56. The van der Waals surface area contributed by atoms with Crippen LogP contribution >= 0.6 is 0 Å². The molecule has 0 heterocycles. The molecule has 26 heavy (non-hydrogen) atoms. The summed E-state index contributed by atoms with van der Waals surface area (Å²) in [6.45, 7) is 1.64. The first-order valence-corrected chi connectivity index (χ1v) is 9.67. The van der Waals surface area contributed by atoms with Crippen LogP contribution in [0.4, 0.5) is 4.39 Å². The third kappa shape index (κ3) is 3.36. The summed E-state index contributed by atoms with van der Waals surface area (Å²) in [7, 11) is 0. The van der Waals surface area contributed by atoms with E-state index in [2.05, 4.69) is 5.32 Å².